The van der Waals surface area contributed by atoms with Crippen molar-refractivity contribution in [3.8, 4) is 0 Å². The van der Waals surface area contributed by atoms with E-state index in [0.717, 1.165) is 11.3 Å². The van der Waals surface area contributed by atoms with Gasteiger partial charge in [-0.05, 0) is 30.7 Å². The van der Waals surface area contributed by atoms with E-state index in [4.69, 9.17) is 34.8 Å². The van der Waals surface area contributed by atoms with Crippen molar-refractivity contribution in [3.05, 3.63) is 56.8 Å². The molecule has 0 aliphatic carbocycles. The molecule has 1 aromatic heterocycles. The Balaban J connectivity index is 1.99. The van der Waals surface area contributed by atoms with Gasteiger partial charge in [-0.25, -0.2) is 4.99 Å². The molecular formula is C17H21Cl3N4O. The number of benzene rings is 1. The molecule has 136 valence electrons. The molecule has 0 bridgehead atoms. The third kappa shape index (κ3) is 5.54. The third-order valence-corrected chi connectivity index (χ3v) is 4.77. The lowest BCUT2D eigenvalue weighted by molar-refractivity contribution is 0.181. The largest absolute Gasteiger partial charge is 0.387 e. The van der Waals surface area contributed by atoms with Gasteiger partial charge in [-0.15, -0.1) is 0 Å². The summed E-state index contributed by atoms with van der Waals surface area (Å²) in [5.74, 6) is 0.601. The maximum Gasteiger partial charge on any atom is 0.191 e. The van der Waals surface area contributed by atoms with E-state index in [9.17, 15) is 5.11 Å². The molecule has 25 heavy (non-hydrogen) atoms. The summed E-state index contributed by atoms with van der Waals surface area (Å²) in [7, 11) is 1.84. The SMILES string of the molecule is CCNC(=NCc1cc(Cl)c(Cl)n1C)NCC(O)c1ccc(Cl)cc1. The Kier molecular flexibility index (Phi) is 7.44. The second-order valence-electron chi connectivity index (χ2n) is 5.48. The normalized spacial score (nSPS) is 13.0. The molecule has 2 rings (SSSR count). The fourth-order valence-electron chi connectivity index (χ4n) is 2.24. The molecule has 5 nitrogen and oxygen atoms in total. The minimum absolute atomic E-state index is 0.322. The van der Waals surface area contributed by atoms with Crippen molar-refractivity contribution < 1.29 is 5.11 Å². The number of nitrogens with zero attached hydrogens (tertiary/aromatic N) is 2. The average molecular weight is 404 g/mol. The van der Waals surface area contributed by atoms with Gasteiger partial charge < -0.3 is 20.3 Å². The zero-order valence-electron chi connectivity index (χ0n) is 14.1. The Morgan fingerprint density at radius 3 is 2.44 bits per heavy atom. The number of hydrogen-bond acceptors (Lipinski definition) is 2. The maximum atomic E-state index is 10.3. The average Bonchev–Trinajstić information content (AvgIpc) is 2.84. The van der Waals surface area contributed by atoms with Crippen LogP contribution in [0.2, 0.25) is 15.2 Å². The lowest BCUT2D eigenvalue weighted by atomic mass is 10.1. The molecule has 0 radical (unpaired) electrons. The summed E-state index contributed by atoms with van der Waals surface area (Å²) >= 11 is 17.9. The highest BCUT2D eigenvalue weighted by Gasteiger charge is 2.10. The van der Waals surface area contributed by atoms with E-state index in [1.54, 1.807) is 34.9 Å². The molecular weight excluding hydrogens is 383 g/mol. The predicted molar refractivity (Wildman–Crippen MR) is 105 cm³/mol. The molecule has 1 heterocycles. The first-order valence-electron chi connectivity index (χ1n) is 7.87. The highest BCUT2D eigenvalue weighted by Crippen LogP contribution is 2.25. The first-order chi connectivity index (χ1) is 11.9. The summed E-state index contributed by atoms with van der Waals surface area (Å²) in [6.45, 7) is 3.41. The van der Waals surface area contributed by atoms with Crippen LogP contribution in [0.5, 0.6) is 0 Å². The van der Waals surface area contributed by atoms with Gasteiger partial charge in [0.1, 0.15) is 5.15 Å². The van der Waals surface area contributed by atoms with Gasteiger partial charge in [0, 0.05) is 30.9 Å². The monoisotopic (exact) mass is 402 g/mol. The van der Waals surface area contributed by atoms with E-state index in [-0.39, 0.29) is 0 Å². The van der Waals surface area contributed by atoms with Crippen molar-refractivity contribution >= 4 is 40.8 Å². The Labute approximate surface area is 162 Å². The van der Waals surface area contributed by atoms with Crippen LogP contribution < -0.4 is 10.6 Å². The van der Waals surface area contributed by atoms with Gasteiger partial charge in [0.2, 0.25) is 0 Å². The highest BCUT2D eigenvalue weighted by atomic mass is 35.5. The second-order valence-corrected chi connectivity index (χ2v) is 6.68. The molecule has 0 aliphatic rings. The summed E-state index contributed by atoms with van der Waals surface area (Å²) in [4.78, 5) is 4.50. The van der Waals surface area contributed by atoms with Crippen molar-refractivity contribution in [1.29, 1.82) is 0 Å². The first kappa shape index (κ1) is 19.9. The van der Waals surface area contributed by atoms with Crippen LogP contribution in [0.1, 0.15) is 24.3 Å². The van der Waals surface area contributed by atoms with Crippen LogP contribution in [-0.4, -0.2) is 28.7 Å². The van der Waals surface area contributed by atoms with Gasteiger partial charge in [-0.3, -0.25) is 0 Å². The number of rotatable bonds is 6. The Bertz CT molecular complexity index is 728. The van der Waals surface area contributed by atoms with Crippen LogP contribution in [-0.2, 0) is 13.6 Å². The smallest absolute Gasteiger partial charge is 0.191 e. The number of aliphatic hydroxyl groups is 1. The van der Waals surface area contributed by atoms with E-state index >= 15 is 0 Å². The quantitative estimate of drug-likeness (QED) is 0.508. The standard InChI is InChI=1S/C17H21Cl3N4O/c1-3-21-17(22-9-13-8-14(19)16(20)24(13)2)23-10-15(25)11-4-6-12(18)7-5-11/h4-8,15,25H,3,9-10H2,1-2H3,(H2,21,22,23). The molecule has 0 saturated heterocycles. The van der Waals surface area contributed by atoms with Crippen LogP contribution >= 0.6 is 34.8 Å². The molecule has 0 saturated carbocycles. The number of aliphatic imine (C=N–C) groups is 1. The van der Waals surface area contributed by atoms with Crippen LogP contribution in [0.4, 0.5) is 0 Å². The van der Waals surface area contributed by atoms with Gasteiger partial charge in [0.05, 0.1) is 17.7 Å². The second kappa shape index (κ2) is 9.34. The van der Waals surface area contributed by atoms with Crippen molar-refractivity contribution in [2.45, 2.75) is 19.6 Å². The van der Waals surface area contributed by atoms with E-state index in [2.05, 4.69) is 15.6 Å². The van der Waals surface area contributed by atoms with Gasteiger partial charge in [0.15, 0.2) is 5.96 Å². The number of guanidine groups is 1. The van der Waals surface area contributed by atoms with Crippen LogP contribution in [0, 0.1) is 0 Å². The maximum absolute atomic E-state index is 10.3. The third-order valence-electron chi connectivity index (χ3n) is 3.68. The lowest BCUT2D eigenvalue weighted by Crippen LogP contribution is -2.39. The molecule has 8 heteroatoms. The van der Waals surface area contributed by atoms with Crippen LogP contribution in [0.3, 0.4) is 0 Å². The summed E-state index contributed by atoms with van der Waals surface area (Å²) in [6, 6.07) is 8.89. The van der Waals surface area contributed by atoms with Crippen LogP contribution in [0.15, 0.2) is 35.3 Å². The zero-order chi connectivity index (χ0) is 18.4. The van der Waals surface area contributed by atoms with Gasteiger partial charge >= 0.3 is 0 Å². The van der Waals surface area contributed by atoms with Gasteiger partial charge in [0.25, 0.3) is 0 Å². The minimum Gasteiger partial charge on any atom is -0.387 e. The Morgan fingerprint density at radius 2 is 1.88 bits per heavy atom. The number of hydrogen-bond donors (Lipinski definition) is 3. The number of nitrogens with one attached hydrogen (secondary N) is 2. The molecule has 0 fully saturated rings. The lowest BCUT2D eigenvalue weighted by Gasteiger charge is -2.15. The molecule has 0 spiro atoms. The van der Waals surface area contributed by atoms with E-state index < -0.39 is 6.10 Å². The van der Waals surface area contributed by atoms with Crippen molar-refractivity contribution in [1.82, 2.24) is 15.2 Å². The van der Waals surface area contributed by atoms with Crippen molar-refractivity contribution in [3.63, 3.8) is 0 Å². The summed E-state index contributed by atoms with van der Waals surface area (Å²) < 4.78 is 1.79. The predicted octanol–water partition coefficient (Wildman–Crippen LogP) is 3.77. The van der Waals surface area contributed by atoms with E-state index in [1.807, 2.05) is 14.0 Å². The molecule has 1 unspecified atom stereocenters. The van der Waals surface area contributed by atoms with E-state index in [0.29, 0.717) is 40.8 Å². The number of aliphatic hydroxyl groups excluding tert-OH is 1. The fraction of sp³-hybridized carbons (Fsp3) is 0.353. The summed E-state index contributed by atoms with van der Waals surface area (Å²) in [6.07, 6.45) is -0.667. The minimum atomic E-state index is -0.667. The topological polar surface area (TPSA) is 61.6 Å². The number of aromatic nitrogens is 1. The molecule has 0 amide bonds. The summed E-state index contributed by atoms with van der Waals surface area (Å²) in [5, 5.41) is 18.2. The Hall–Kier alpha value is -1.40. The van der Waals surface area contributed by atoms with Crippen molar-refractivity contribution in [2.24, 2.45) is 12.0 Å². The van der Waals surface area contributed by atoms with Crippen molar-refractivity contribution in [2.75, 3.05) is 13.1 Å². The van der Waals surface area contributed by atoms with E-state index in [1.165, 1.54) is 0 Å². The molecule has 3 N–H and O–H groups in total. The fourth-order valence-corrected chi connectivity index (χ4v) is 2.78. The zero-order valence-corrected chi connectivity index (χ0v) is 16.3. The molecule has 1 aromatic carbocycles. The Morgan fingerprint density at radius 1 is 1.20 bits per heavy atom. The summed E-state index contributed by atoms with van der Waals surface area (Å²) in [5.41, 5.74) is 1.68. The molecule has 1 atom stereocenters. The van der Waals surface area contributed by atoms with Gasteiger partial charge in [-0.2, -0.15) is 0 Å². The molecule has 2 aromatic rings. The first-order valence-corrected chi connectivity index (χ1v) is 9.01. The highest BCUT2D eigenvalue weighted by molar-refractivity contribution is 6.41. The molecule has 0 aliphatic heterocycles. The van der Waals surface area contributed by atoms with Crippen LogP contribution in [0.25, 0.3) is 0 Å². The number of halogens is 3. The van der Waals surface area contributed by atoms with Gasteiger partial charge in [-0.1, -0.05) is 46.9 Å².